The molecule has 0 aliphatic rings. The molecule has 0 fully saturated rings. The lowest BCUT2D eigenvalue weighted by Gasteiger charge is -1.98. The molecule has 102 valence electrons. The zero-order valence-electron chi connectivity index (χ0n) is 10.3. The number of halogens is 1. The molecule has 0 atom stereocenters. The third kappa shape index (κ3) is 3.52. The topological polar surface area (TPSA) is 91.2 Å². The Kier molecular flexibility index (Phi) is 5.47. The van der Waals surface area contributed by atoms with Crippen molar-refractivity contribution in [1.82, 2.24) is 10.1 Å². The molecule has 0 aliphatic heterocycles. The number of carbonyl (C=O) groups excluding carboxylic acids is 1. The maximum atomic E-state index is 11.4. The number of nitrogens with two attached hydrogens (primary N) is 1. The minimum absolute atomic E-state index is 0. The monoisotopic (exact) mass is 283 g/mol. The van der Waals surface area contributed by atoms with Crippen molar-refractivity contribution >= 4 is 18.4 Å². The van der Waals surface area contributed by atoms with Crippen molar-refractivity contribution in [2.24, 2.45) is 5.73 Å². The molecule has 0 aliphatic carbocycles. The zero-order chi connectivity index (χ0) is 13.0. The number of benzene rings is 1. The first-order valence-electron chi connectivity index (χ1n) is 5.54. The second kappa shape index (κ2) is 6.86. The van der Waals surface area contributed by atoms with Crippen LogP contribution in [-0.2, 0) is 11.3 Å². The van der Waals surface area contributed by atoms with Crippen LogP contribution < -0.4 is 5.73 Å². The van der Waals surface area contributed by atoms with Crippen LogP contribution in [0.1, 0.15) is 23.1 Å². The summed E-state index contributed by atoms with van der Waals surface area (Å²) in [4.78, 5) is 15.4. The van der Waals surface area contributed by atoms with E-state index in [0.717, 1.165) is 11.1 Å². The van der Waals surface area contributed by atoms with E-state index < -0.39 is 5.97 Å². The van der Waals surface area contributed by atoms with Crippen LogP contribution in [-0.4, -0.2) is 22.7 Å². The number of ether oxygens (including phenoxy) is 1. The van der Waals surface area contributed by atoms with Crippen LogP contribution in [0.2, 0.25) is 0 Å². The Morgan fingerprint density at radius 1 is 1.47 bits per heavy atom. The van der Waals surface area contributed by atoms with Gasteiger partial charge in [0.2, 0.25) is 0 Å². The normalized spacial score (nSPS) is 9.79. The van der Waals surface area contributed by atoms with E-state index in [1.165, 1.54) is 0 Å². The Balaban J connectivity index is 0.00000180. The van der Waals surface area contributed by atoms with Gasteiger partial charge in [0.1, 0.15) is 0 Å². The highest BCUT2D eigenvalue weighted by Crippen LogP contribution is 2.18. The maximum Gasteiger partial charge on any atom is 0.379 e. The van der Waals surface area contributed by atoms with Crippen molar-refractivity contribution < 1.29 is 14.1 Å². The van der Waals surface area contributed by atoms with Crippen molar-refractivity contribution in [2.75, 3.05) is 6.61 Å². The van der Waals surface area contributed by atoms with Gasteiger partial charge in [-0.2, -0.15) is 4.98 Å². The molecule has 0 saturated heterocycles. The van der Waals surface area contributed by atoms with Crippen molar-refractivity contribution in [1.29, 1.82) is 0 Å². The number of carbonyl (C=O) groups is 1. The van der Waals surface area contributed by atoms with Crippen LogP contribution in [0.5, 0.6) is 0 Å². The predicted molar refractivity (Wildman–Crippen MR) is 70.8 cm³/mol. The van der Waals surface area contributed by atoms with Gasteiger partial charge in [0, 0.05) is 12.1 Å². The lowest BCUT2D eigenvalue weighted by atomic mass is 10.1. The minimum Gasteiger partial charge on any atom is -0.460 e. The first kappa shape index (κ1) is 15.1. The molecule has 0 bridgehead atoms. The molecule has 2 rings (SSSR count). The number of hydrogen-bond acceptors (Lipinski definition) is 6. The number of rotatable bonds is 4. The smallest absolute Gasteiger partial charge is 0.379 e. The average Bonchev–Trinajstić information content (AvgIpc) is 2.89. The highest BCUT2D eigenvalue weighted by molar-refractivity contribution is 5.85. The van der Waals surface area contributed by atoms with Crippen molar-refractivity contribution in [3.63, 3.8) is 0 Å². The van der Waals surface area contributed by atoms with E-state index in [-0.39, 0.29) is 30.7 Å². The van der Waals surface area contributed by atoms with Gasteiger partial charge in [0.05, 0.1) is 6.61 Å². The second-order valence-electron chi connectivity index (χ2n) is 3.55. The maximum absolute atomic E-state index is 11.4. The summed E-state index contributed by atoms with van der Waals surface area (Å²) in [7, 11) is 0. The van der Waals surface area contributed by atoms with Gasteiger partial charge in [-0.1, -0.05) is 12.1 Å². The van der Waals surface area contributed by atoms with E-state index in [0.29, 0.717) is 6.54 Å². The van der Waals surface area contributed by atoms with Gasteiger partial charge in [-0.05, 0) is 29.8 Å². The van der Waals surface area contributed by atoms with E-state index in [1.54, 1.807) is 6.92 Å². The summed E-state index contributed by atoms with van der Waals surface area (Å²) in [5.74, 6) is -0.402. The number of esters is 1. The SMILES string of the molecule is CCOC(=O)c1noc(-c2cccc(CN)c2)n1.Cl. The molecule has 2 aromatic rings. The van der Waals surface area contributed by atoms with Crippen LogP contribution in [0, 0.1) is 0 Å². The lowest BCUT2D eigenvalue weighted by Crippen LogP contribution is -2.06. The molecular formula is C12H14ClN3O3. The third-order valence-electron chi connectivity index (χ3n) is 2.29. The molecule has 0 saturated carbocycles. The molecule has 19 heavy (non-hydrogen) atoms. The standard InChI is InChI=1S/C12H13N3O3.ClH/c1-2-17-12(16)10-14-11(18-15-10)9-5-3-4-8(6-9)7-13;/h3-6H,2,7,13H2,1H3;1H. The van der Waals surface area contributed by atoms with Crippen LogP contribution in [0.15, 0.2) is 28.8 Å². The van der Waals surface area contributed by atoms with Gasteiger partial charge in [-0.25, -0.2) is 4.79 Å². The Bertz CT molecular complexity index is 557. The first-order chi connectivity index (χ1) is 8.74. The summed E-state index contributed by atoms with van der Waals surface area (Å²) in [5.41, 5.74) is 7.22. The molecule has 6 nitrogen and oxygen atoms in total. The summed E-state index contributed by atoms with van der Waals surface area (Å²) in [6, 6.07) is 7.38. The number of hydrogen-bond donors (Lipinski definition) is 1. The van der Waals surface area contributed by atoms with Gasteiger partial charge in [-0.15, -0.1) is 12.4 Å². The summed E-state index contributed by atoms with van der Waals surface area (Å²) in [6.07, 6.45) is 0. The first-order valence-corrected chi connectivity index (χ1v) is 5.54. The third-order valence-corrected chi connectivity index (χ3v) is 2.29. The van der Waals surface area contributed by atoms with E-state index in [2.05, 4.69) is 10.1 Å². The van der Waals surface area contributed by atoms with Gasteiger partial charge >= 0.3 is 5.97 Å². The fraction of sp³-hybridized carbons (Fsp3) is 0.250. The molecular weight excluding hydrogens is 270 g/mol. The Hall–Kier alpha value is -1.92. The van der Waals surface area contributed by atoms with E-state index in [4.69, 9.17) is 15.0 Å². The van der Waals surface area contributed by atoms with Gasteiger partial charge < -0.3 is 15.0 Å². The second-order valence-corrected chi connectivity index (χ2v) is 3.55. The van der Waals surface area contributed by atoms with Crippen LogP contribution in [0.3, 0.4) is 0 Å². The summed E-state index contributed by atoms with van der Waals surface area (Å²) in [6.45, 7) is 2.40. The fourth-order valence-electron chi connectivity index (χ4n) is 1.45. The summed E-state index contributed by atoms with van der Waals surface area (Å²) >= 11 is 0. The van der Waals surface area contributed by atoms with E-state index in [9.17, 15) is 4.79 Å². The van der Waals surface area contributed by atoms with Crippen LogP contribution in [0.4, 0.5) is 0 Å². The Morgan fingerprint density at radius 3 is 2.95 bits per heavy atom. The molecule has 1 aromatic carbocycles. The molecule has 1 heterocycles. The molecule has 0 unspecified atom stereocenters. The molecule has 0 amide bonds. The molecule has 0 spiro atoms. The molecule has 1 aromatic heterocycles. The fourth-order valence-corrected chi connectivity index (χ4v) is 1.45. The minimum atomic E-state index is -0.595. The molecule has 0 radical (unpaired) electrons. The number of aromatic nitrogens is 2. The highest BCUT2D eigenvalue weighted by Gasteiger charge is 2.16. The van der Waals surface area contributed by atoms with Crippen molar-refractivity contribution in [2.45, 2.75) is 13.5 Å². The van der Waals surface area contributed by atoms with E-state index >= 15 is 0 Å². The molecule has 2 N–H and O–H groups in total. The van der Waals surface area contributed by atoms with Gasteiger partial charge in [-0.3, -0.25) is 0 Å². The predicted octanol–water partition coefficient (Wildman–Crippen LogP) is 1.79. The highest BCUT2D eigenvalue weighted by atomic mass is 35.5. The van der Waals surface area contributed by atoms with Gasteiger partial charge in [0.15, 0.2) is 0 Å². The Morgan fingerprint density at radius 2 is 2.26 bits per heavy atom. The largest absolute Gasteiger partial charge is 0.460 e. The quantitative estimate of drug-likeness (QED) is 0.860. The van der Waals surface area contributed by atoms with Crippen LogP contribution in [0.25, 0.3) is 11.5 Å². The van der Waals surface area contributed by atoms with Crippen molar-refractivity contribution in [3.8, 4) is 11.5 Å². The zero-order valence-corrected chi connectivity index (χ0v) is 11.1. The summed E-state index contributed by atoms with van der Waals surface area (Å²) < 4.78 is 9.79. The van der Waals surface area contributed by atoms with E-state index in [1.807, 2.05) is 24.3 Å². The van der Waals surface area contributed by atoms with Gasteiger partial charge in [0.25, 0.3) is 11.7 Å². The summed E-state index contributed by atoms with van der Waals surface area (Å²) in [5, 5.41) is 3.57. The number of nitrogens with zero attached hydrogens (tertiary/aromatic N) is 2. The lowest BCUT2D eigenvalue weighted by molar-refractivity contribution is 0.0508. The Labute approximate surface area is 116 Å². The molecule has 7 heteroatoms. The van der Waals surface area contributed by atoms with Crippen LogP contribution >= 0.6 is 12.4 Å². The van der Waals surface area contributed by atoms with Crippen molar-refractivity contribution in [3.05, 3.63) is 35.7 Å². The average molecular weight is 284 g/mol.